The van der Waals surface area contributed by atoms with E-state index in [1.54, 1.807) is 48.5 Å². The molecule has 0 fully saturated rings. The third-order valence-corrected chi connectivity index (χ3v) is 3.85. The van der Waals surface area contributed by atoms with E-state index in [-0.39, 0.29) is 5.91 Å². The summed E-state index contributed by atoms with van der Waals surface area (Å²) in [4.78, 5) is 25.5. The first-order chi connectivity index (χ1) is 11.7. The molecule has 0 atom stereocenters. The zero-order valence-corrected chi connectivity index (χ0v) is 15.4. The van der Waals surface area contributed by atoms with E-state index in [4.69, 9.17) is 16.3 Å². The predicted octanol–water partition coefficient (Wildman–Crippen LogP) is 3.93. The van der Waals surface area contributed by atoms with Gasteiger partial charge in [0, 0.05) is 5.56 Å². The quantitative estimate of drug-likeness (QED) is 0.843. The number of amides is 2. The molecule has 2 aromatic rings. The minimum absolute atomic E-state index is 0.324. The Labute approximate surface area is 152 Å². The smallest absolute Gasteiger partial charge is 0.274 e. The molecular formula is C19H21ClN2O3. The molecule has 2 amide bonds. The number of methoxy groups -OCH3 is 1. The molecule has 2 rings (SSSR count). The van der Waals surface area contributed by atoms with Crippen molar-refractivity contribution in [2.45, 2.75) is 26.3 Å². The van der Waals surface area contributed by atoms with Crippen molar-refractivity contribution in [2.75, 3.05) is 7.11 Å². The van der Waals surface area contributed by atoms with E-state index >= 15 is 0 Å². The third-order valence-electron chi connectivity index (χ3n) is 3.52. The van der Waals surface area contributed by atoms with Crippen LogP contribution in [0.4, 0.5) is 0 Å². The van der Waals surface area contributed by atoms with E-state index in [0.717, 1.165) is 0 Å². The van der Waals surface area contributed by atoms with E-state index < -0.39 is 11.4 Å². The van der Waals surface area contributed by atoms with Crippen LogP contribution < -0.4 is 10.2 Å². The highest BCUT2D eigenvalue weighted by molar-refractivity contribution is 6.33. The number of ether oxygens (including phenoxy) is 1. The van der Waals surface area contributed by atoms with Gasteiger partial charge >= 0.3 is 0 Å². The summed E-state index contributed by atoms with van der Waals surface area (Å²) in [5, 5.41) is 1.62. The number of rotatable bonds is 3. The van der Waals surface area contributed by atoms with Gasteiger partial charge in [-0.05, 0) is 51.1 Å². The van der Waals surface area contributed by atoms with Crippen LogP contribution in [-0.4, -0.2) is 29.5 Å². The highest BCUT2D eigenvalue weighted by Gasteiger charge is 2.30. The van der Waals surface area contributed by atoms with Crippen molar-refractivity contribution < 1.29 is 14.3 Å². The molecule has 25 heavy (non-hydrogen) atoms. The highest BCUT2D eigenvalue weighted by Crippen LogP contribution is 2.21. The fourth-order valence-corrected chi connectivity index (χ4v) is 2.43. The van der Waals surface area contributed by atoms with Crippen LogP contribution in [0.15, 0.2) is 48.5 Å². The molecule has 0 saturated heterocycles. The first-order valence-corrected chi connectivity index (χ1v) is 8.16. The van der Waals surface area contributed by atoms with Crippen molar-refractivity contribution in [3.05, 3.63) is 64.7 Å². The molecule has 1 N–H and O–H groups in total. The summed E-state index contributed by atoms with van der Waals surface area (Å²) < 4.78 is 5.13. The minimum atomic E-state index is -0.648. The molecule has 0 spiro atoms. The van der Waals surface area contributed by atoms with Crippen LogP contribution in [0.1, 0.15) is 41.5 Å². The van der Waals surface area contributed by atoms with Gasteiger partial charge in [0.1, 0.15) is 5.75 Å². The van der Waals surface area contributed by atoms with Crippen LogP contribution in [0.5, 0.6) is 5.75 Å². The number of nitrogens with zero attached hydrogens (tertiary/aromatic N) is 1. The lowest BCUT2D eigenvalue weighted by Gasteiger charge is -2.35. The van der Waals surface area contributed by atoms with E-state index in [2.05, 4.69) is 5.43 Å². The summed E-state index contributed by atoms with van der Waals surface area (Å²) in [5.41, 5.74) is 2.75. The topological polar surface area (TPSA) is 58.6 Å². The van der Waals surface area contributed by atoms with Crippen LogP contribution in [0.3, 0.4) is 0 Å². The van der Waals surface area contributed by atoms with Crippen LogP contribution >= 0.6 is 11.6 Å². The molecule has 0 unspecified atom stereocenters. The molecule has 0 aromatic heterocycles. The van der Waals surface area contributed by atoms with Gasteiger partial charge in [0.05, 0.1) is 23.2 Å². The van der Waals surface area contributed by atoms with Gasteiger partial charge in [-0.3, -0.25) is 15.0 Å². The molecule has 0 aliphatic carbocycles. The van der Waals surface area contributed by atoms with Crippen molar-refractivity contribution >= 4 is 23.4 Å². The first kappa shape index (κ1) is 18.8. The number of halogens is 1. The van der Waals surface area contributed by atoms with Gasteiger partial charge in [0.25, 0.3) is 11.8 Å². The van der Waals surface area contributed by atoms with Gasteiger partial charge in [0.15, 0.2) is 0 Å². The van der Waals surface area contributed by atoms with Crippen molar-refractivity contribution in [3.63, 3.8) is 0 Å². The number of hydrogen-bond donors (Lipinski definition) is 1. The number of hydrogen-bond acceptors (Lipinski definition) is 3. The Bertz CT molecular complexity index is 784. The lowest BCUT2D eigenvalue weighted by atomic mass is 10.1. The van der Waals surface area contributed by atoms with Gasteiger partial charge in [-0.1, -0.05) is 29.8 Å². The lowest BCUT2D eigenvalue weighted by molar-refractivity contribution is 0.0358. The molecule has 0 bridgehead atoms. The van der Waals surface area contributed by atoms with E-state index in [1.165, 1.54) is 12.1 Å². The zero-order chi connectivity index (χ0) is 18.6. The molecule has 2 aromatic carbocycles. The maximum Gasteiger partial charge on any atom is 0.274 e. The zero-order valence-electron chi connectivity index (χ0n) is 14.7. The van der Waals surface area contributed by atoms with Crippen molar-refractivity contribution in [2.24, 2.45) is 0 Å². The standard InChI is InChI=1S/C19H21ClN2O3/c1-19(2,3)22(18(24)15-10-5-6-11-16(15)20)21-17(23)13-8-7-9-14(12-13)25-4/h5-12H,1-4H3,(H,21,23). The normalized spacial score (nSPS) is 10.9. The number of hydrazine groups is 1. The van der Waals surface area contributed by atoms with Crippen LogP contribution in [0.25, 0.3) is 0 Å². The highest BCUT2D eigenvalue weighted by atomic mass is 35.5. The second-order valence-corrected chi connectivity index (χ2v) is 6.87. The molecule has 0 aliphatic rings. The Kier molecular flexibility index (Phi) is 5.69. The van der Waals surface area contributed by atoms with Crippen molar-refractivity contribution in [1.82, 2.24) is 10.4 Å². The summed E-state index contributed by atoms with van der Waals surface area (Å²) >= 11 is 6.13. The Balaban J connectivity index is 2.31. The number of benzene rings is 2. The molecular weight excluding hydrogens is 340 g/mol. The lowest BCUT2D eigenvalue weighted by Crippen LogP contribution is -2.55. The summed E-state index contributed by atoms with van der Waals surface area (Å²) in [7, 11) is 1.53. The number of nitrogens with one attached hydrogen (secondary N) is 1. The van der Waals surface area contributed by atoms with E-state index in [1.807, 2.05) is 20.8 Å². The third kappa shape index (κ3) is 4.51. The van der Waals surface area contributed by atoms with Gasteiger partial charge < -0.3 is 4.74 Å². The average Bonchev–Trinajstić information content (AvgIpc) is 2.58. The van der Waals surface area contributed by atoms with Crippen LogP contribution in [-0.2, 0) is 0 Å². The molecule has 0 saturated carbocycles. The fourth-order valence-electron chi connectivity index (χ4n) is 2.21. The van der Waals surface area contributed by atoms with Crippen LogP contribution in [0.2, 0.25) is 5.02 Å². The Morgan fingerprint density at radius 1 is 1.08 bits per heavy atom. The fraction of sp³-hybridized carbons (Fsp3) is 0.263. The Morgan fingerprint density at radius 2 is 1.76 bits per heavy atom. The SMILES string of the molecule is COc1cccc(C(=O)NN(C(=O)c2ccccc2Cl)C(C)(C)C)c1. The summed E-state index contributed by atoms with van der Waals surface area (Å²) in [6, 6.07) is 13.5. The summed E-state index contributed by atoms with van der Waals surface area (Å²) in [6.07, 6.45) is 0. The second-order valence-electron chi connectivity index (χ2n) is 6.46. The summed E-state index contributed by atoms with van der Waals surface area (Å²) in [6.45, 7) is 5.48. The maximum absolute atomic E-state index is 12.9. The average molecular weight is 361 g/mol. The first-order valence-electron chi connectivity index (χ1n) is 7.78. The maximum atomic E-state index is 12.9. The molecule has 5 nitrogen and oxygen atoms in total. The molecule has 132 valence electrons. The van der Waals surface area contributed by atoms with Gasteiger partial charge in [-0.15, -0.1) is 0 Å². The minimum Gasteiger partial charge on any atom is -0.497 e. The number of carbonyl (C=O) groups is 2. The predicted molar refractivity (Wildman–Crippen MR) is 97.8 cm³/mol. The number of carbonyl (C=O) groups excluding carboxylic acids is 2. The molecule has 0 heterocycles. The largest absolute Gasteiger partial charge is 0.497 e. The van der Waals surface area contributed by atoms with E-state index in [9.17, 15) is 9.59 Å². The monoisotopic (exact) mass is 360 g/mol. The van der Waals surface area contributed by atoms with Crippen molar-refractivity contribution in [1.29, 1.82) is 0 Å². The van der Waals surface area contributed by atoms with Crippen molar-refractivity contribution in [3.8, 4) is 5.75 Å². The molecule has 0 aliphatic heterocycles. The molecule has 6 heteroatoms. The van der Waals surface area contributed by atoms with Gasteiger partial charge in [-0.2, -0.15) is 0 Å². The van der Waals surface area contributed by atoms with Gasteiger partial charge in [-0.25, -0.2) is 5.01 Å². The van der Waals surface area contributed by atoms with Gasteiger partial charge in [0.2, 0.25) is 0 Å². The molecule has 0 radical (unpaired) electrons. The second kappa shape index (κ2) is 7.57. The summed E-state index contributed by atoms with van der Waals surface area (Å²) in [5.74, 6) is -0.226. The van der Waals surface area contributed by atoms with Crippen LogP contribution in [0, 0.1) is 0 Å². The Hall–Kier alpha value is -2.53. The van der Waals surface area contributed by atoms with E-state index in [0.29, 0.717) is 21.9 Å². The Morgan fingerprint density at radius 3 is 2.36 bits per heavy atom.